The summed E-state index contributed by atoms with van der Waals surface area (Å²) in [5.41, 5.74) is 1.39. The Morgan fingerprint density at radius 2 is 2.08 bits per heavy atom. The average molecular weight is 440 g/mol. The number of carbonyl (C=O) groups is 2. The van der Waals surface area contributed by atoms with E-state index in [4.69, 9.17) is 16.3 Å². The first kappa shape index (κ1) is 18.7. The largest absolute Gasteiger partial charge is 0.410 e. The predicted molar refractivity (Wildman–Crippen MR) is 101 cm³/mol. The Bertz CT molecular complexity index is 847. The van der Waals surface area contributed by atoms with E-state index >= 15 is 0 Å². The third-order valence-corrected chi connectivity index (χ3v) is 4.69. The molecular formula is C18H16BrClN2O4. The summed E-state index contributed by atoms with van der Waals surface area (Å²) in [6.07, 6.45) is -0.892. The fourth-order valence-electron chi connectivity index (χ4n) is 2.68. The zero-order valence-electron chi connectivity index (χ0n) is 13.6. The van der Waals surface area contributed by atoms with Crippen molar-refractivity contribution in [2.45, 2.75) is 18.8 Å². The van der Waals surface area contributed by atoms with Gasteiger partial charge in [0, 0.05) is 34.7 Å². The smallest absolute Gasteiger partial charge is 0.407 e. The third kappa shape index (κ3) is 4.17. The first-order valence-corrected chi connectivity index (χ1v) is 9.06. The molecule has 2 aromatic rings. The molecule has 2 N–H and O–H groups in total. The summed E-state index contributed by atoms with van der Waals surface area (Å²) in [4.78, 5) is 25.9. The highest BCUT2D eigenvalue weighted by molar-refractivity contribution is 9.10. The van der Waals surface area contributed by atoms with Gasteiger partial charge >= 0.3 is 6.09 Å². The summed E-state index contributed by atoms with van der Waals surface area (Å²) in [5.74, 6) is -2.89. The summed E-state index contributed by atoms with van der Waals surface area (Å²) >= 11 is 9.28. The van der Waals surface area contributed by atoms with E-state index in [-0.39, 0.29) is 19.5 Å². The topological polar surface area (TPSA) is 78.9 Å². The minimum absolute atomic E-state index is 0.0251. The first-order chi connectivity index (χ1) is 12.4. The number of amides is 2. The number of nitrogens with zero attached hydrogens (tertiary/aromatic N) is 1. The van der Waals surface area contributed by atoms with Crippen LogP contribution < -0.4 is 10.2 Å². The van der Waals surface area contributed by atoms with E-state index in [1.807, 2.05) is 24.3 Å². The lowest BCUT2D eigenvalue weighted by atomic mass is 10.2. The molecule has 2 amide bonds. The number of rotatable bonds is 4. The number of ether oxygens (including phenoxy) is 1. The Morgan fingerprint density at radius 1 is 1.31 bits per heavy atom. The second-order valence-electron chi connectivity index (χ2n) is 5.84. The summed E-state index contributed by atoms with van der Waals surface area (Å²) in [6.45, 7) is 0.426. The van der Waals surface area contributed by atoms with Gasteiger partial charge in [-0.25, -0.2) is 4.79 Å². The Labute approximate surface area is 163 Å². The molecule has 136 valence electrons. The van der Waals surface area contributed by atoms with Crippen molar-refractivity contribution in [2.75, 3.05) is 11.4 Å². The van der Waals surface area contributed by atoms with Crippen molar-refractivity contribution in [3.05, 3.63) is 63.6 Å². The van der Waals surface area contributed by atoms with Crippen molar-refractivity contribution in [1.82, 2.24) is 5.32 Å². The molecule has 0 saturated carbocycles. The summed E-state index contributed by atoms with van der Waals surface area (Å²) in [5, 5.41) is 13.5. The number of benzene rings is 2. The summed E-state index contributed by atoms with van der Waals surface area (Å²) in [6, 6.07) is 14.1. The molecule has 1 atom stereocenters. The quantitative estimate of drug-likeness (QED) is 0.715. The van der Waals surface area contributed by atoms with Gasteiger partial charge in [-0.1, -0.05) is 45.7 Å². The molecule has 1 heterocycles. The Kier molecular flexibility index (Phi) is 5.50. The average Bonchev–Trinajstić information content (AvgIpc) is 2.88. The molecule has 0 spiro atoms. The Hall–Kier alpha value is -2.09. The molecular weight excluding hydrogens is 424 g/mol. The molecule has 1 saturated heterocycles. The lowest BCUT2D eigenvalue weighted by Crippen LogP contribution is -2.46. The molecule has 0 aromatic heterocycles. The van der Waals surface area contributed by atoms with Gasteiger partial charge in [-0.05, 0) is 35.9 Å². The SMILES string of the molecule is O=C(NCc1cccc(Br)c1)O[C@@]1(O)CCN(c2cccc(Cl)c2)C1=O. The van der Waals surface area contributed by atoms with Crippen LogP contribution in [0.5, 0.6) is 0 Å². The maximum absolute atomic E-state index is 12.5. The van der Waals surface area contributed by atoms with Crippen LogP contribution >= 0.6 is 27.5 Å². The van der Waals surface area contributed by atoms with Crippen LogP contribution in [0.25, 0.3) is 0 Å². The van der Waals surface area contributed by atoms with Crippen LogP contribution in [-0.2, 0) is 16.1 Å². The Balaban J connectivity index is 1.62. The van der Waals surface area contributed by atoms with Crippen molar-refractivity contribution in [3.63, 3.8) is 0 Å². The van der Waals surface area contributed by atoms with Crippen LogP contribution in [0, 0.1) is 0 Å². The van der Waals surface area contributed by atoms with Gasteiger partial charge in [-0.3, -0.25) is 4.79 Å². The van der Waals surface area contributed by atoms with Crippen LogP contribution in [0.1, 0.15) is 12.0 Å². The zero-order valence-corrected chi connectivity index (χ0v) is 16.0. The van der Waals surface area contributed by atoms with Gasteiger partial charge < -0.3 is 20.1 Å². The van der Waals surface area contributed by atoms with Crippen LogP contribution in [0.4, 0.5) is 10.5 Å². The molecule has 3 rings (SSSR count). The second-order valence-corrected chi connectivity index (χ2v) is 7.20. The molecule has 0 unspecified atom stereocenters. The molecule has 26 heavy (non-hydrogen) atoms. The van der Waals surface area contributed by atoms with Gasteiger partial charge in [-0.15, -0.1) is 0 Å². The standard InChI is InChI=1S/C18H16BrClN2O4/c19-13-4-1-3-12(9-13)11-21-17(24)26-18(25)7-8-22(16(18)23)15-6-2-5-14(20)10-15/h1-6,9-10,25H,7-8,11H2,(H,21,24)/t18-/m0/s1. The minimum Gasteiger partial charge on any atom is -0.407 e. The van der Waals surface area contributed by atoms with Gasteiger partial charge in [0.05, 0.1) is 0 Å². The number of anilines is 1. The van der Waals surface area contributed by atoms with E-state index in [2.05, 4.69) is 21.2 Å². The van der Waals surface area contributed by atoms with E-state index in [0.717, 1.165) is 10.0 Å². The molecule has 1 fully saturated rings. The second kappa shape index (κ2) is 7.65. The van der Waals surface area contributed by atoms with Crippen molar-refractivity contribution in [2.24, 2.45) is 0 Å². The van der Waals surface area contributed by atoms with E-state index in [1.54, 1.807) is 24.3 Å². The molecule has 1 aliphatic heterocycles. The van der Waals surface area contributed by atoms with Crippen LogP contribution in [0.15, 0.2) is 53.0 Å². The number of aliphatic hydroxyl groups is 1. The molecule has 2 aromatic carbocycles. The van der Waals surface area contributed by atoms with Crippen molar-refractivity contribution >= 4 is 45.2 Å². The monoisotopic (exact) mass is 438 g/mol. The van der Waals surface area contributed by atoms with Gasteiger partial charge in [-0.2, -0.15) is 0 Å². The number of carbonyl (C=O) groups excluding carboxylic acids is 2. The Morgan fingerprint density at radius 3 is 2.81 bits per heavy atom. The highest BCUT2D eigenvalue weighted by Crippen LogP contribution is 2.30. The molecule has 0 bridgehead atoms. The van der Waals surface area contributed by atoms with Crippen LogP contribution in [0.3, 0.4) is 0 Å². The zero-order chi connectivity index (χ0) is 18.7. The fraction of sp³-hybridized carbons (Fsp3) is 0.222. The predicted octanol–water partition coefficient (Wildman–Crippen LogP) is 3.45. The summed E-state index contributed by atoms with van der Waals surface area (Å²) < 4.78 is 5.90. The molecule has 0 aliphatic carbocycles. The van der Waals surface area contributed by atoms with Crippen LogP contribution in [0.2, 0.25) is 5.02 Å². The third-order valence-electron chi connectivity index (χ3n) is 3.96. The maximum Gasteiger partial charge on any atom is 0.410 e. The maximum atomic E-state index is 12.5. The summed E-state index contributed by atoms with van der Waals surface area (Å²) in [7, 11) is 0. The van der Waals surface area contributed by atoms with Gasteiger partial charge in [0.25, 0.3) is 11.7 Å². The highest BCUT2D eigenvalue weighted by atomic mass is 79.9. The first-order valence-electron chi connectivity index (χ1n) is 7.88. The molecule has 8 heteroatoms. The number of hydrogen-bond donors (Lipinski definition) is 2. The van der Waals surface area contributed by atoms with Crippen molar-refractivity contribution in [3.8, 4) is 0 Å². The molecule has 6 nitrogen and oxygen atoms in total. The van der Waals surface area contributed by atoms with Gasteiger partial charge in [0.2, 0.25) is 0 Å². The highest BCUT2D eigenvalue weighted by Gasteiger charge is 2.49. The van der Waals surface area contributed by atoms with E-state index in [0.29, 0.717) is 10.7 Å². The van der Waals surface area contributed by atoms with E-state index < -0.39 is 17.8 Å². The number of hydrogen-bond acceptors (Lipinski definition) is 4. The van der Waals surface area contributed by atoms with Crippen molar-refractivity contribution in [1.29, 1.82) is 0 Å². The van der Waals surface area contributed by atoms with Gasteiger partial charge in [0.15, 0.2) is 0 Å². The molecule has 0 radical (unpaired) electrons. The normalized spacial score (nSPS) is 19.5. The van der Waals surface area contributed by atoms with Crippen LogP contribution in [-0.4, -0.2) is 29.4 Å². The van der Waals surface area contributed by atoms with E-state index in [9.17, 15) is 14.7 Å². The lowest BCUT2D eigenvalue weighted by molar-refractivity contribution is -0.175. The van der Waals surface area contributed by atoms with Gasteiger partial charge in [0.1, 0.15) is 0 Å². The number of alkyl carbamates (subject to hydrolysis) is 1. The minimum atomic E-state index is -2.19. The molecule has 1 aliphatic rings. The van der Waals surface area contributed by atoms with Crippen molar-refractivity contribution < 1.29 is 19.4 Å². The lowest BCUT2D eigenvalue weighted by Gasteiger charge is -2.22. The van der Waals surface area contributed by atoms with E-state index in [1.165, 1.54) is 4.90 Å². The fourth-order valence-corrected chi connectivity index (χ4v) is 3.31. The number of halogens is 2. The number of nitrogens with one attached hydrogen (secondary N) is 1.